The normalized spacial score (nSPS) is 17.3. The number of thiazole rings is 1. The van der Waals surface area contributed by atoms with Gasteiger partial charge < -0.3 is 9.84 Å². The van der Waals surface area contributed by atoms with E-state index in [1.165, 1.54) is 16.2 Å². The summed E-state index contributed by atoms with van der Waals surface area (Å²) in [6.07, 6.45) is 1.61. The largest absolute Gasteiger partial charge is 0.507 e. The lowest BCUT2D eigenvalue weighted by Gasteiger charge is -2.22. The highest BCUT2D eigenvalue weighted by Crippen LogP contribution is 2.44. The van der Waals surface area contributed by atoms with Crippen LogP contribution in [0.3, 0.4) is 0 Å². The molecule has 0 bridgehead atoms. The molecule has 0 aliphatic carbocycles. The standard InChI is InChI=1S/C32H33N3O4S/c1-18(2)17-39-24-13-10-20(15-19(24)3)28(36)26-27(23-9-7-8-14-33-23)35(30(38)29(26)37)31-34-22-12-11-21(32(4,5)6)16-25(22)40-31/h7-16,18,27,36H,17H2,1-6H3/b28-26+. The number of aliphatic hydroxyl groups is 1. The van der Waals surface area contributed by atoms with Gasteiger partial charge in [-0.15, -0.1) is 0 Å². The van der Waals surface area contributed by atoms with E-state index < -0.39 is 17.7 Å². The number of rotatable bonds is 6. The number of aromatic nitrogens is 2. The van der Waals surface area contributed by atoms with Gasteiger partial charge in [0, 0.05) is 11.8 Å². The Morgan fingerprint density at radius 1 is 1.10 bits per heavy atom. The van der Waals surface area contributed by atoms with Gasteiger partial charge in [-0.1, -0.05) is 58.1 Å². The highest BCUT2D eigenvalue weighted by atomic mass is 32.1. The fourth-order valence-electron chi connectivity index (χ4n) is 4.70. The zero-order chi connectivity index (χ0) is 28.8. The lowest BCUT2D eigenvalue weighted by molar-refractivity contribution is -0.132. The Kier molecular flexibility index (Phi) is 7.23. The molecule has 0 spiro atoms. The van der Waals surface area contributed by atoms with Crippen molar-refractivity contribution in [3.05, 3.63) is 88.8 Å². The molecule has 1 aliphatic heterocycles. The first-order valence-corrected chi connectivity index (χ1v) is 14.1. The molecule has 1 fully saturated rings. The van der Waals surface area contributed by atoms with E-state index in [4.69, 9.17) is 9.72 Å². The van der Waals surface area contributed by atoms with Crippen LogP contribution < -0.4 is 9.64 Å². The van der Waals surface area contributed by atoms with Crippen LogP contribution in [0.25, 0.3) is 16.0 Å². The molecule has 1 aliphatic rings. The maximum absolute atomic E-state index is 13.6. The minimum atomic E-state index is -0.930. The third kappa shape index (κ3) is 5.11. The number of hydrogen-bond donors (Lipinski definition) is 1. The van der Waals surface area contributed by atoms with Gasteiger partial charge in [-0.2, -0.15) is 0 Å². The van der Waals surface area contributed by atoms with Crippen molar-refractivity contribution in [3.8, 4) is 5.75 Å². The number of fused-ring (bicyclic) bond motifs is 1. The monoisotopic (exact) mass is 555 g/mol. The SMILES string of the molecule is Cc1cc(/C(O)=C2\C(=O)C(=O)N(c3nc4ccc(C(C)(C)C)cc4s3)C2c2ccccn2)ccc1OCC(C)C. The molecular weight excluding hydrogens is 522 g/mol. The quantitative estimate of drug-likeness (QED) is 0.157. The zero-order valence-electron chi connectivity index (χ0n) is 23.6. The van der Waals surface area contributed by atoms with Crippen molar-refractivity contribution in [3.63, 3.8) is 0 Å². The van der Waals surface area contributed by atoms with Crippen LogP contribution in [0, 0.1) is 12.8 Å². The van der Waals surface area contributed by atoms with E-state index in [1.54, 1.807) is 42.6 Å². The molecule has 8 heteroatoms. The number of hydrogen-bond acceptors (Lipinski definition) is 7. The fourth-order valence-corrected chi connectivity index (χ4v) is 5.73. The molecule has 5 rings (SSSR count). The van der Waals surface area contributed by atoms with Crippen LogP contribution in [0.1, 0.15) is 63.0 Å². The number of anilines is 1. The minimum absolute atomic E-state index is 0.0198. The first-order valence-electron chi connectivity index (χ1n) is 13.3. The van der Waals surface area contributed by atoms with Gasteiger partial charge in [-0.05, 0) is 71.8 Å². The van der Waals surface area contributed by atoms with Crippen molar-refractivity contribution in [2.45, 2.75) is 53.0 Å². The number of amides is 1. The van der Waals surface area contributed by atoms with E-state index in [9.17, 15) is 14.7 Å². The summed E-state index contributed by atoms with van der Waals surface area (Å²) in [6.45, 7) is 13.0. The van der Waals surface area contributed by atoms with E-state index in [2.05, 4.69) is 45.7 Å². The van der Waals surface area contributed by atoms with Crippen molar-refractivity contribution >= 4 is 44.1 Å². The van der Waals surface area contributed by atoms with Crippen molar-refractivity contribution in [1.29, 1.82) is 0 Å². The molecular formula is C32H33N3O4S. The number of benzene rings is 2. The predicted molar refractivity (Wildman–Crippen MR) is 159 cm³/mol. The highest BCUT2D eigenvalue weighted by molar-refractivity contribution is 7.22. The van der Waals surface area contributed by atoms with Gasteiger partial charge in [0.2, 0.25) is 0 Å². The molecule has 2 aromatic carbocycles. The molecule has 4 aromatic rings. The van der Waals surface area contributed by atoms with Crippen LogP contribution in [0.5, 0.6) is 5.75 Å². The molecule has 1 unspecified atom stereocenters. The van der Waals surface area contributed by atoms with Gasteiger partial charge in [-0.3, -0.25) is 19.5 Å². The van der Waals surface area contributed by atoms with Gasteiger partial charge in [0.05, 0.1) is 28.1 Å². The average molecular weight is 556 g/mol. The van der Waals surface area contributed by atoms with Crippen LogP contribution in [0.4, 0.5) is 5.13 Å². The van der Waals surface area contributed by atoms with Gasteiger partial charge in [0.15, 0.2) is 5.13 Å². The van der Waals surface area contributed by atoms with Gasteiger partial charge in [0.25, 0.3) is 5.78 Å². The van der Waals surface area contributed by atoms with Gasteiger partial charge in [-0.25, -0.2) is 4.98 Å². The second-order valence-electron chi connectivity index (χ2n) is 11.5. The van der Waals surface area contributed by atoms with Crippen LogP contribution in [0.15, 0.2) is 66.4 Å². The molecule has 3 heterocycles. The molecule has 0 radical (unpaired) electrons. The zero-order valence-corrected chi connectivity index (χ0v) is 24.4. The fraction of sp³-hybridized carbons (Fsp3) is 0.312. The van der Waals surface area contributed by atoms with Crippen LogP contribution in [-0.4, -0.2) is 33.4 Å². The summed E-state index contributed by atoms with van der Waals surface area (Å²) in [5.74, 6) is -0.715. The molecule has 206 valence electrons. The third-order valence-electron chi connectivity index (χ3n) is 6.88. The van der Waals surface area contributed by atoms with E-state index in [-0.39, 0.29) is 16.7 Å². The molecule has 1 N–H and O–H groups in total. The van der Waals surface area contributed by atoms with Crippen LogP contribution >= 0.6 is 11.3 Å². The van der Waals surface area contributed by atoms with Crippen molar-refractivity contribution in [1.82, 2.24) is 9.97 Å². The number of carbonyl (C=O) groups excluding carboxylic acids is 2. The summed E-state index contributed by atoms with van der Waals surface area (Å²) in [5, 5.41) is 11.9. The Balaban J connectivity index is 1.62. The number of aryl methyl sites for hydroxylation is 1. The molecule has 40 heavy (non-hydrogen) atoms. The molecule has 1 saturated heterocycles. The summed E-state index contributed by atoms with van der Waals surface area (Å²) in [7, 11) is 0. The Labute approximate surface area is 238 Å². The minimum Gasteiger partial charge on any atom is -0.507 e. The summed E-state index contributed by atoms with van der Waals surface area (Å²) in [5.41, 5.74) is 3.52. The summed E-state index contributed by atoms with van der Waals surface area (Å²) >= 11 is 1.34. The van der Waals surface area contributed by atoms with Crippen molar-refractivity contribution in [2.75, 3.05) is 11.5 Å². The predicted octanol–water partition coefficient (Wildman–Crippen LogP) is 6.96. The Hall–Kier alpha value is -4.04. The Morgan fingerprint density at radius 3 is 2.52 bits per heavy atom. The van der Waals surface area contributed by atoms with Crippen molar-refractivity contribution in [2.24, 2.45) is 5.92 Å². The Morgan fingerprint density at radius 2 is 1.88 bits per heavy atom. The van der Waals surface area contributed by atoms with E-state index in [1.807, 2.05) is 19.1 Å². The summed E-state index contributed by atoms with van der Waals surface area (Å²) < 4.78 is 6.79. The first kappa shape index (κ1) is 27.5. The lowest BCUT2D eigenvalue weighted by atomic mass is 9.87. The van der Waals surface area contributed by atoms with Crippen molar-refractivity contribution < 1.29 is 19.4 Å². The number of pyridine rings is 1. The topological polar surface area (TPSA) is 92.6 Å². The summed E-state index contributed by atoms with van der Waals surface area (Å²) in [4.78, 5) is 37.7. The number of ether oxygens (including phenoxy) is 1. The van der Waals surface area contributed by atoms with E-state index in [0.717, 1.165) is 21.3 Å². The van der Waals surface area contributed by atoms with Gasteiger partial charge in [0.1, 0.15) is 17.6 Å². The number of carbonyl (C=O) groups is 2. The third-order valence-corrected chi connectivity index (χ3v) is 7.90. The molecule has 2 aromatic heterocycles. The van der Waals surface area contributed by atoms with Crippen LogP contribution in [0.2, 0.25) is 0 Å². The first-order chi connectivity index (χ1) is 19.0. The second kappa shape index (κ2) is 10.5. The average Bonchev–Trinajstić information content (AvgIpc) is 3.45. The smallest absolute Gasteiger partial charge is 0.301 e. The Bertz CT molecular complexity index is 1630. The van der Waals surface area contributed by atoms with Gasteiger partial charge >= 0.3 is 5.91 Å². The maximum Gasteiger partial charge on any atom is 0.301 e. The molecule has 0 saturated carbocycles. The van der Waals surface area contributed by atoms with Crippen LogP contribution in [-0.2, 0) is 15.0 Å². The van der Waals surface area contributed by atoms with E-state index in [0.29, 0.717) is 34.7 Å². The van der Waals surface area contributed by atoms with E-state index >= 15 is 0 Å². The molecule has 1 amide bonds. The highest BCUT2D eigenvalue weighted by Gasteiger charge is 2.48. The number of nitrogens with zero attached hydrogens (tertiary/aromatic N) is 3. The number of aliphatic hydroxyl groups excluding tert-OH is 1. The number of Topliss-reactive ketones (excluding diaryl/α,β-unsaturated/α-hetero) is 1. The lowest BCUT2D eigenvalue weighted by Crippen LogP contribution is -2.29. The maximum atomic E-state index is 13.6. The number of ketones is 1. The second-order valence-corrected chi connectivity index (χ2v) is 12.5. The molecule has 7 nitrogen and oxygen atoms in total. The molecule has 1 atom stereocenters. The summed E-state index contributed by atoms with van der Waals surface area (Å²) in [6, 6.07) is 15.7.